The van der Waals surface area contributed by atoms with E-state index >= 15 is 0 Å². The van der Waals surface area contributed by atoms with Crippen LogP contribution in [0.25, 0.3) is 11.1 Å². The van der Waals surface area contributed by atoms with Crippen molar-refractivity contribution in [2.75, 3.05) is 0 Å². The van der Waals surface area contributed by atoms with Gasteiger partial charge in [0.2, 0.25) is 0 Å². The Bertz CT molecular complexity index is 538. The third-order valence-electron chi connectivity index (χ3n) is 2.19. The number of halogens is 3. The van der Waals surface area contributed by atoms with Crippen LogP contribution in [0.15, 0.2) is 36.4 Å². The lowest BCUT2D eigenvalue weighted by Gasteiger charge is -2.06. The lowest BCUT2D eigenvalue weighted by Crippen LogP contribution is -1.80. The number of rotatable bonds is 1. The van der Waals surface area contributed by atoms with Gasteiger partial charge in [-0.15, -0.1) is 0 Å². The first-order chi connectivity index (χ1) is 7.58. The van der Waals surface area contributed by atoms with E-state index < -0.39 is 0 Å². The molecule has 0 bridgehead atoms. The fourth-order valence-electron chi connectivity index (χ4n) is 1.39. The van der Waals surface area contributed by atoms with Gasteiger partial charge in [0, 0.05) is 15.6 Å². The molecule has 4 heteroatoms. The van der Waals surface area contributed by atoms with Gasteiger partial charge in [0.05, 0.1) is 5.02 Å². The smallest absolute Gasteiger partial charge is 0.134 e. The summed E-state index contributed by atoms with van der Waals surface area (Å²) in [5.74, 6) is 0.0450. The van der Waals surface area contributed by atoms with E-state index in [2.05, 4.69) is 0 Å². The third-order valence-corrected chi connectivity index (χ3v) is 3.05. The number of phenolic OH excluding ortho intramolecular Hbond substituents is 1. The molecule has 1 nitrogen and oxygen atoms in total. The van der Waals surface area contributed by atoms with Crippen molar-refractivity contribution in [3.8, 4) is 16.9 Å². The van der Waals surface area contributed by atoms with Gasteiger partial charge in [-0.2, -0.15) is 0 Å². The average Bonchev–Trinajstić information content (AvgIpc) is 2.26. The van der Waals surface area contributed by atoms with Gasteiger partial charge in [-0.25, -0.2) is 0 Å². The van der Waals surface area contributed by atoms with Crippen molar-refractivity contribution in [3.63, 3.8) is 0 Å². The first-order valence-electron chi connectivity index (χ1n) is 4.52. The molecule has 82 valence electrons. The van der Waals surface area contributed by atoms with Crippen molar-refractivity contribution in [3.05, 3.63) is 51.5 Å². The number of hydrogen-bond donors (Lipinski definition) is 1. The molecular formula is C12H7Cl3O. The van der Waals surface area contributed by atoms with E-state index in [1.54, 1.807) is 30.3 Å². The molecule has 0 radical (unpaired) electrons. The van der Waals surface area contributed by atoms with E-state index in [-0.39, 0.29) is 10.8 Å². The van der Waals surface area contributed by atoms with Gasteiger partial charge in [-0.05, 0) is 35.9 Å². The standard InChI is InChI=1S/C12H7Cl3O/c13-8-2-3-10(14)9(6-8)7-1-4-12(16)11(15)5-7/h1-6,16H. The molecule has 0 aliphatic rings. The lowest BCUT2D eigenvalue weighted by molar-refractivity contribution is 0.475. The molecule has 1 N–H and O–H groups in total. The second-order valence-electron chi connectivity index (χ2n) is 3.29. The molecule has 0 spiro atoms. The van der Waals surface area contributed by atoms with Crippen LogP contribution in [0.4, 0.5) is 0 Å². The first-order valence-corrected chi connectivity index (χ1v) is 5.65. The van der Waals surface area contributed by atoms with Crippen LogP contribution in [-0.4, -0.2) is 5.11 Å². The third kappa shape index (κ3) is 2.27. The number of phenols is 1. The van der Waals surface area contributed by atoms with Crippen LogP contribution in [-0.2, 0) is 0 Å². The Morgan fingerprint density at radius 2 is 1.56 bits per heavy atom. The zero-order valence-electron chi connectivity index (χ0n) is 8.05. The van der Waals surface area contributed by atoms with Crippen molar-refractivity contribution in [1.82, 2.24) is 0 Å². The van der Waals surface area contributed by atoms with Crippen LogP contribution >= 0.6 is 34.8 Å². The summed E-state index contributed by atoms with van der Waals surface area (Å²) in [6, 6.07) is 10.1. The van der Waals surface area contributed by atoms with Gasteiger partial charge in [-0.3, -0.25) is 0 Å². The van der Waals surface area contributed by atoms with Crippen molar-refractivity contribution in [2.45, 2.75) is 0 Å². The van der Waals surface area contributed by atoms with Crippen LogP contribution in [0.5, 0.6) is 5.75 Å². The maximum Gasteiger partial charge on any atom is 0.134 e. The molecule has 0 amide bonds. The van der Waals surface area contributed by atoms with E-state index in [1.165, 1.54) is 6.07 Å². The van der Waals surface area contributed by atoms with E-state index in [0.29, 0.717) is 10.0 Å². The van der Waals surface area contributed by atoms with Gasteiger partial charge < -0.3 is 5.11 Å². The molecule has 2 aromatic rings. The first kappa shape index (κ1) is 11.6. The average molecular weight is 274 g/mol. The summed E-state index contributed by atoms with van der Waals surface area (Å²) in [6.45, 7) is 0. The van der Waals surface area contributed by atoms with Crippen LogP contribution in [0.2, 0.25) is 15.1 Å². The van der Waals surface area contributed by atoms with E-state index in [0.717, 1.165) is 11.1 Å². The monoisotopic (exact) mass is 272 g/mol. The van der Waals surface area contributed by atoms with E-state index in [4.69, 9.17) is 34.8 Å². The predicted molar refractivity (Wildman–Crippen MR) is 68.6 cm³/mol. The largest absolute Gasteiger partial charge is 0.506 e. The van der Waals surface area contributed by atoms with Crippen LogP contribution in [0.1, 0.15) is 0 Å². The summed E-state index contributed by atoms with van der Waals surface area (Å²) in [5, 5.41) is 10.8. The number of benzene rings is 2. The Labute approximate surface area is 108 Å². The minimum atomic E-state index is 0.0450. The Balaban J connectivity index is 2.58. The highest BCUT2D eigenvalue weighted by Crippen LogP contribution is 2.34. The fourth-order valence-corrected chi connectivity index (χ4v) is 1.97. The summed E-state index contributed by atoms with van der Waals surface area (Å²) in [7, 11) is 0. The van der Waals surface area contributed by atoms with Crippen LogP contribution in [0.3, 0.4) is 0 Å². The maximum atomic E-state index is 9.32. The summed E-state index contributed by atoms with van der Waals surface area (Å²) in [4.78, 5) is 0. The summed E-state index contributed by atoms with van der Waals surface area (Å²) < 4.78 is 0. The van der Waals surface area contributed by atoms with Crippen LogP contribution in [0, 0.1) is 0 Å². The molecule has 0 atom stereocenters. The Kier molecular flexibility index (Phi) is 3.29. The maximum absolute atomic E-state index is 9.32. The van der Waals surface area contributed by atoms with E-state index in [1.807, 2.05) is 0 Å². The Morgan fingerprint density at radius 3 is 2.25 bits per heavy atom. The van der Waals surface area contributed by atoms with Crippen molar-refractivity contribution in [1.29, 1.82) is 0 Å². The molecule has 16 heavy (non-hydrogen) atoms. The quantitative estimate of drug-likeness (QED) is 0.773. The zero-order valence-corrected chi connectivity index (χ0v) is 10.3. The highest BCUT2D eigenvalue weighted by molar-refractivity contribution is 6.35. The molecule has 0 saturated heterocycles. The van der Waals surface area contributed by atoms with Gasteiger partial charge in [0.15, 0.2) is 0 Å². The number of aromatic hydroxyl groups is 1. The normalized spacial score (nSPS) is 10.4. The minimum Gasteiger partial charge on any atom is -0.506 e. The summed E-state index contributed by atoms with van der Waals surface area (Å²) in [6.07, 6.45) is 0. The highest BCUT2D eigenvalue weighted by atomic mass is 35.5. The second kappa shape index (κ2) is 4.54. The molecule has 0 aromatic heterocycles. The molecule has 0 fully saturated rings. The number of hydrogen-bond acceptors (Lipinski definition) is 1. The van der Waals surface area contributed by atoms with Crippen molar-refractivity contribution in [2.24, 2.45) is 0 Å². The molecule has 2 rings (SSSR count). The zero-order chi connectivity index (χ0) is 11.7. The van der Waals surface area contributed by atoms with Gasteiger partial charge in [-0.1, -0.05) is 40.9 Å². The Hall–Kier alpha value is -0.890. The molecule has 0 aliphatic carbocycles. The molecule has 0 heterocycles. The van der Waals surface area contributed by atoms with Gasteiger partial charge in [0.1, 0.15) is 5.75 Å². The Morgan fingerprint density at radius 1 is 0.812 bits per heavy atom. The van der Waals surface area contributed by atoms with Gasteiger partial charge >= 0.3 is 0 Å². The summed E-state index contributed by atoms with van der Waals surface area (Å²) >= 11 is 17.8. The highest BCUT2D eigenvalue weighted by Gasteiger charge is 2.06. The van der Waals surface area contributed by atoms with Crippen molar-refractivity contribution < 1.29 is 5.11 Å². The molecule has 0 unspecified atom stereocenters. The second-order valence-corrected chi connectivity index (χ2v) is 4.54. The molecule has 0 saturated carbocycles. The van der Waals surface area contributed by atoms with Crippen molar-refractivity contribution >= 4 is 34.8 Å². The fraction of sp³-hybridized carbons (Fsp3) is 0. The predicted octanol–water partition coefficient (Wildman–Crippen LogP) is 5.02. The molecular weight excluding hydrogens is 266 g/mol. The lowest BCUT2D eigenvalue weighted by atomic mass is 10.1. The van der Waals surface area contributed by atoms with E-state index in [9.17, 15) is 5.11 Å². The molecule has 0 aliphatic heterocycles. The van der Waals surface area contributed by atoms with Crippen LogP contribution < -0.4 is 0 Å². The van der Waals surface area contributed by atoms with Gasteiger partial charge in [0.25, 0.3) is 0 Å². The topological polar surface area (TPSA) is 20.2 Å². The summed E-state index contributed by atoms with van der Waals surface area (Å²) in [5.41, 5.74) is 1.60. The SMILES string of the molecule is Oc1ccc(-c2cc(Cl)ccc2Cl)cc1Cl. The minimum absolute atomic E-state index is 0.0450. The molecule has 2 aromatic carbocycles.